The third kappa shape index (κ3) is 5.12. The number of halogens is 1. The normalized spacial score (nSPS) is 15.3. The largest absolute Gasteiger partial charge is 0.497 e. The van der Waals surface area contributed by atoms with Gasteiger partial charge in [0.2, 0.25) is 0 Å². The van der Waals surface area contributed by atoms with Crippen LogP contribution in [-0.4, -0.2) is 37.9 Å². The Hall–Kier alpha value is -2.93. The zero-order chi connectivity index (χ0) is 20.3. The monoisotopic (exact) mass is 420 g/mol. The highest BCUT2D eigenvalue weighted by Gasteiger charge is 2.29. The number of rotatable bonds is 6. The molecule has 1 aliphatic heterocycles. The summed E-state index contributed by atoms with van der Waals surface area (Å²) in [7, 11) is 3.22. The highest BCUT2D eigenvalue weighted by molar-refractivity contribution is 5.88. The number of benzene rings is 2. The van der Waals surface area contributed by atoms with E-state index in [1.165, 1.54) is 4.90 Å². The van der Waals surface area contributed by atoms with Crippen molar-refractivity contribution >= 4 is 35.8 Å². The van der Waals surface area contributed by atoms with Crippen molar-refractivity contribution in [1.29, 1.82) is 0 Å². The summed E-state index contributed by atoms with van der Waals surface area (Å²) < 4.78 is 10.6. The van der Waals surface area contributed by atoms with Gasteiger partial charge in [0.15, 0.2) is 0 Å². The number of ether oxygens (including phenoxy) is 2. The summed E-state index contributed by atoms with van der Waals surface area (Å²) >= 11 is 0. The number of hydrogen-bond acceptors (Lipinski definition) is 5. The third-order valence-electron chi connectivity index (χ3n) is 5.06. The molecule has 8 heteroatoms. The van der Waals surface area contributed by atoms with E-state index in [1.807, 2.05) is 13.0 Å². The number of carboxylic acid groups (broad SMARTS) is 1. The zero-order valence-electron chi connectivity index (χ0n) is 16.5. The van der Waals surface area contributed by atoms with Gasteiger partial charge in [0.05, 0.1) is 7.11 Å². The van der Waals surface area contributed by atoms with Gasteiger partial charge >= 0.3 is 12.1 Å². The Morgan fingerprint density at radius 2 is 1.86 bits per heavy atom. The van der Waals surface area contributed by atoms with Crippen LogP contribution in [0.4, 0.5) is 16.2 Å². The fourth-order valence-corrected chi connectivity index (χ4v) is 3.41. The Morgan fingerprint density at radius 1 is 1.21 bits per heavy atom. The van der Waals surface area contributed by atoms with Crippen molar-refractivity contribution < 1.29 is 24.2 Å². The summed E-state index contributed by atoms with van der Waals surface area (Å²) in [6, 6.07) is 12.5. The molecule has 2 unspecified atom stereocenters. The molecule has 0 saturated heterocycles. The Balaban J connectivity index is 0.00000300. The zero-order valence-corrected chi connectivity index (χ0v) is 17.4. The smallest absolute Gasteiger partial charge is 0.419 e. The second-order valence-electron chi connectivity index (χ2n) is 6.94. The molecule has 1 amide bonds. The molecule has 0 aliphatic carbocycles. The van der Waals surface area contributed by atoms with Gasteiger partial charge in [0.25, 0.3) is 0 Å². The van der Waals surface area contributed by atoms with E-state index in [-0.39, 0.29) is 30.7 Å². The Morgan fingerprint density at radius 3 is 2.48 bits per heavy atom. The minimum Gasteiger partial charge on any atom is -0.497 e. The van der Waals surface area contributed by atoms with Crippen molar-refractivity contribution in [2.45, 2.75) is 19.3 Å². The van der Waals surface area contributed by atoms with E-state index < -0.39 is 12.1 Å². The lowest BCUT2D eigenvalue weighted by molar-refractivity contribution is -0.138. The van der Waals surface area contributed by atoms with Crippen molar-refractivity contribution in [2.24, 2.45) is 5.92 Å². The first-order chi connectivity index (χ1) is 13.4. The molecule has 2 N–H and O–H groups in total. The SMILES string of the molecule is COc1ccc(N(C)C(=O)Oc2ccc3c(c2)NCC3C(C)CC(=O)O)cc1.Cl. The second kappa shape index (κ2) is 9.52. The van der Waals surface area contributed by atoms with Gasteiger partial charge in [0, 0.05) is 43.4 Å². The molecule has 156 valence electrons. The summed E-state index contributed by atoms with van der Waals surface area (Å²) in [5.74, 6) is 0.483. The second-order valence-corrected chi connectivity index (χ2v) is 6.94. The van der Waals surface area contributed by atoms with Crippen LogP contribution in [0.2, 0.25) is 0 Å². The van der Waals surface area contributed by atoms with Crippen molar-refractivity contribution in [1.82, 2.24) is 0 Å². The maximum Gasteiger partial charge on any atom is 0.419 e. The van der Waals surface area contributed by atoms with Crippen molar-refractivity contribution in [3.05, 3.63) is 48.0 Å². The van der Waals surface area contributed by atoms with Gasteiger partial charge < -0.3 is 19.9 Å². The van der Waals surface area contributed by atoms with Gasteiger partial charge in [-0.05, 0) is 41.8 Å². The third-order valence-corrected chi connectivity index (χ3v) is 5.06. The minimum atomic E-state index is -0.798. The molecule has 0 bridgehead atoms. The van der Waals surface area contributed by atoms with Crippen LogP contribution in [0.5, 0.6) is 11.5 Å². The summed E-state index contributed by atoms with van der Waals surface area (Å²) in [5, 5.41) is 12.3. The quantitative estimate of drug-likeness (QED) is 0.721. The summed E-state index contributed by atoms with van der Waals surface area (Å²) in [4.78, 5) is 24.8. The van der Waals surface area contributed by atoms with Gasteiger partial charge in [-0.25, -0.2) is 4.79 Å². The fourth-order valence-electron chi connectivity index (χ4n) is 3.41. The number of nitrogens with zero attached hydrogens (tertiary/aromatic N) is 1. The van der Waals surface area contributed by atoms with Crippen LogP contribution in [0.1, 0.15) is 24.8 Å². The lowest BCUT2D eigenvalue weighted by Gasteiger charge is -2.18. The van der Waals surface area contributed by atoms with Crippen LogP contribution in [0.3, 0.4) is 0 Å². The van der Waals surface area contributed by atoms with E-state index in [9.17, 15) is 9.59 Å². The van der Waals surface area contributed by atoms with Gasteiger partial charge in [-0.2, -0.15) is 0 Å². The number of aliphatic carboxylic acids is 1. The molecule has 1 aliphatic rings. The maximum atomic E-state index is 12.4. The van der Waals surface area contributed by atoms with E-state index in [0.717, 1.165) is 11.3 Å². The summed E-state index contributed by atoms with van der Waals surface area (Å²) in [6.07, 6.45) is -0.381. The number of carboxylic acids is 1. The van der Waals surface area contributed by atoms with E-state index in [2.05, 4.69) is 5.32 Å². The number of carbonyl (C=O) groups excluding carboxylic acids is 1. The number of methoxy groups -OCH3 is 1. The van der Waals surface area contributed by atoms with Crippen molar-refractivity contribution in [3.8, 4) is 11.5 Å². The molecule has 2 aromatic carbocycles. The van der Waals surface area contributed by atoms with Crippen LogP contribution < -0.4 is 19.7 Å². The van der Waals surface area contributed by atoms with Crippen LogP contribution in [0.25, 0.3) is 0 Å². The van der Waals surface area contributed by atoms with E-state index >= 15 is 0 Å². The topological polar surface area (TPSA) is 88.1 Å². The molecule has 0 spiro atoms. The van der Waals surface area contributed by atoms with Gasteiger partial charge in [0.1, 0.15) is 11.5 Å². The van der Waals surface area contributed by atoms with Gasteiger partial charge in [-0.3, -0.25) is 9.69 Å². The first kappa shape index (κ1) is 22.4. The Labute approximate surface area is 176 Å². The number of anilines is 2. The number of hydrogen-bond donors (Lipinski definition) is 2. The summed E-state index contributed by atoms with van der Waals surface area (Å²) in [5.41, 5.74) is 2.62. The molecule has 0 saturated carbocycles. The standard InChI is InChI=1S/C21H24N2O5.ClH/c1-13(10-20(24)25)18-12-22-19-11-16(8-9-17(18)19)28-21(26)23(2)14-4-6-15(27-3)7-5-14;/h4-9,11,13,18,22H,10,12H2,1-3H3,(H,24,25);1H. The molecular formula is C21H25ClN2O5. The van der Waals surface area contributed by atoms with Crippen molar-refractivity contribution in [2.75, 3.05) is 30.9 Å². The first-order valence-corrected chi connectivity index (χ1v) is 9.08. The Kier molecular flexibility index (Phi) is 7.34. The average molecular weight is 421 g/mol. The molecule has 29 heavy (non-hydrogen) atoms. The molecule has 2 aromatic rings. The van der Waals surface area contributed by atoms with Gasteiger partial charge in [-0.1, -0.05) is 13.0 Å². The Bertz CT molecular complexity index is 872. The molecular weight excluding hydrogens is 396 g/mol. The minimum absolute atomic E-state index is 0. The predicted octanol–water partition coefficient (Wildman–Crippen LogP) is 4.37. The molecule has 0 aromatic heterocycles. The van der Waals surface area contributed by atoms with Crippen LogP contribution in [0, 0.1) is 5.92 Å². The number of carbonyl (C=O) groups is 2. The highest BCUT2D eigenvalue weighted by atomic mass is 35.5. The maximum absolute atomic E-state index is 12.4. The molecule has 1 heterocycles. The highest BCUT2D eigenvalue weighted by Crippen LogP contribution is 2.39. The van der Waals surface area contributed by atoms with E-state index in [1.54, 1.807) is 50.6 Å². The molecule has 2 atom stereocenters. The predicted molar refractivity (Wildman–Crippen MR) is 114 cm³/mol. The molecule has 0 radical (unpaired) electrons. The van der Waals surface area contributed by atoms with Crippen LogP contribution >= 0.6 is 12.4 Å². The molecule has 7 nitrogen and oxygen atoms in total. The van der Waals surface area contributed by atoms with Crippen LogP contribution in [-0.2, 0) is 4.79 Å². The lowest BCUT2D eigenvalue weighted by Crippen LogP contribution is -2.29. The number of fused-ring (bicyclic) bond motifs is 1. The first-order valence-electron chi connectivity index (χ1n) is 9.08. The number of amides is 1. The number of nitrogens with one attached hydrogen (secondary N) is 1. The average Bonchev–Trinajstić information content (AvgIpc) is 3.10. The molecule has 3 rings (SSSR count). The van der Waals surface area contributed by atoms with Crippen LogP contribution in [0.15, 0.2) is 42.5 Å². The van der Waals surface area contributed by atoms with Crippen molar-refractivity contribution in [3.63, 3.8) is 0 Å². The lowest BCUT2D eigenvalue weighted by atomic mass is 9.87. The molecule has 0 fully saturated rings. The van der Waals surface area contributed by atoms with E-state index in [0.29, 0.717) is 23.7 Å². The summed E-state index contributed by atoms with van der Waals surface area (Å²) in [6.45, 7) is 2.61. The fraction of sp³-hybridized carbons (Fsp3) is 0.333. The van der Waals surface area contributed by atoms with Gasteiger partial charge in [-0.15, -0.1) is 12.4 Å². The van der Waals surface area contributed by atoms with E-state index in [4.69, 9.17) is 14.6 Å².